The summed E-state index contributed by atoms with van der Waals surface area (Å²) in [5.41, 5.74) is 1.47. The predicted molar refractivity (Wildman–Crippen MR) is 122 cm³/mol. The van der Waals surface area contributed by atoms with E-state index >= 15 is 0 Å². The van der Waals surface area contributed by atoms with Gasteiger partial charge < -0.3 is 15.3 Å². The molecule has 160 valence electrons. The maximum Gasteiger partial charge on any atom is 0.310 e. The van der Waals surface area contributed by atoms with Crippen LogP contribution in [-0.4, -0.2) is 39.1 Å². The third kappa shape index (κ3) is 3.99. The van der Waals surface area contributed by atoms with E-state index in [0.717, 1.165) is 58.8 Å². The van der Waals surface area contributed by atoms with Crippen LogP contribution in [0.2, 0.25) is 0 Å². The fourth-order valence-corrected chi connectivity index (χ4v) is 5.37. The summed E-state index contributed by atoms with van der Waals surface area (Å²) in [6.45, 7) is 3.51. The molecule has 2 aliphatic rings. The lowest BCUT2D eigenvalue weighted by molar-refractivity contribution is -0.151. The molecule has 5 rings (SSSR count). The van der Waals surface area contributed by atoms with E-state index in [-0.39, 0.29) is 0 Å². The first-order valence-corrected chi connectivity index (χ1v) is 11.5. The highest BCUT2D eigenvalue weighted by Crippen LogP contribution is 2.52. The average Bonchev–Trinajstić information content (AvgIpc) is 3.51. The van der Waals surface area contributed by atoms with Crippen LogP contribution in [0.5, 0.6) is 0 Å². The smallest absolute Gasteiger partial charge is 0.310 e. The summed E-state index contributed by atoms with van der Waals surface area (Å²) in [7, 11) is 0. The van der Waals surface area contributed by atoms with Crippen molar-refractivity contribution >= 4 is 34.1 Å². The molecule has 0 atom stereocenters. The maximum absolute atomic E-state index is 11.9. The number of pyridine rings is 2. The van der Waals surface area contributed by atoms with Crippen molar-refractivity contribution in [2.24, 2.45) is 11.3 Å². The number of rotatable bonds is 6. The molecule has 1 aliphatic carbocycles. The van der Waals surface area contributed by atoms with Gasteiger partial charge in [0.05, 0.1) is 16.0 Å². The minimum absolute atomic E-state index is 0.362. The van der Waals surface area contributed by atoms with Crippen LogP contribution in [0.15, 0.2) is 42.7 Å². The number of thiazole rings is 1. The Morgan fingerprint density at radius 2 is 2.00 bits per heavy atom. The largest absolute Gasteiger partial charge is 0.481 e. The average molecular weight is 436 g/mol. The van der Waals surface area contributed by atoms with Crippen LogP contribution in [-0.2, 0) is 4.79 Å². The number of anilines is 3. The lowest BCUT2D eigenvalue weighted by Crippen LogP contribution is -2.45. The van der Waals surface area contributed by atoms with Gasteiger partial charge >= 0.3 is 5.97 Å². The lowest BCUT2D eigenvalue weighted by atomic mass is 9.74. The molecule has 0 bridgehead atoms. The van der Waals surface area contributed by atoms with Gasteiger partial charge in [-0.05, 0) is 68.4 Å². The summed E-state index contributed by atoms with van der Waals surface area (Å²) >= 11 is 1.60. The van der Waals surface area contributed by atoms with Crippen molar-refractivity contribution < 1.29 is 9.90 Å². The first kappa shape index (κ1) is 19.9. The Balaban J connectivity index is 1.29. The number of aromatic nitrogens is 3. The number of hydrogen-bond acceptors (Lipinski definition) is 7. The third-order valence-corrected chi connectivity index (χ3v) is 7.46. The van der Waals surface area contributed by atoms with Gasteiger partial charge in [-0.1, -0.05) is 17.4 Å². The highest BCUT2D eigenvalue weighted by molar-refractivity contribution is 7.18. The number of carboxylic acid groups (broad SMARTS) is 1. The van der Waals surface area contributed by atoms with Crippen LogP contribution in [0.3, 0.4) is 0 Å². The molecular weight excluding hydrogens is 410 g/mol. The molecule has 1 aliphatic heterocycles. The quantitative estimate of drug-likeness (QED) is 0.578. The topological polar surface area (TPSA) is 91.2 Å². The Morgan fingerprint density at radius 1 is 1.19 bits per heavy atom. The molecule has 0 unspecified atom stereocenters. The van der Waals surface area contributed by atoms with Crippen LogP contribution >= 0.6 is 11.3 Å². The molecule has 0 amide bonds. The molecule has 1 saturated heterocycles. The Labute approximate surface area is 185 Å². The minimum Gasteiger partial charge on any atom is -0.481 e. The van der Waals surface area contributed by atoms with Gasteiger partial charge in [-0.3, -0.25) is 4.79 Å². The van der Waals surface area contributed by atoms with Crippen LogP contribution in [0.25, 0.3) is 10.6 Å². The summed E-state index contributed by atoms with van der Waals surface area (Å²) in [5.74, 6) is 1.24. The molecule has 31 heavy (non-hydrogen) atoms. The molecule has 0 radical (unpaired) electrons. The summed E-state index contributed by atoms with van der Waals surface area (Å²) in [6.07, 6.45) is 7.14. The monoisotopic (exact) mass is 435 g/mol. The van der Waals surface area contributed by atoms with Gasteiger partial charge in [-0.15, -0.1) is 0 Å². The summed E-state index contributed by atoms with van der Waals surface area (Å²) < 4.78 is 0. The fraction of sp³-hybridized carbons (Fsp3) is 0.391. The summed E-state index contributed by atoms with van der Waals surface area (Å²) in [5, 5.41) is 14.0. The SMILES string of the molecule is Cc1ccnc(Nc2cccc(-c3cnc(N4CCC(C(=O)O)(C5CC5)CC4)s3)n2)c1. The van der Waals surface area contributed by atoms with Crippen molar-refractivity contribution in [3.05, 3.63) is 48.3 Å². The summed E-state index contributed by atoms with van der Waals surface area (Å²) in [6, 6.07) is 9.81. The first-order valence-electron chi connectivity index (χ1n) is 10.6. The molecular formula is C23H25N5O2S. The minimum atomic E-state index is -0.619. The van der Waals surface area contributed by atoms with Crippen LogP contribution in [0, 0.1) is 18.3 Å². The molecule has 7 nitrogen and oxygen atoms in total. The second-order valence-corrected chi connectivity index (χ2v) is 9.49. The standard InChI is InChI=1S/C23H25N5O2S/c1-15-7-10-24-20(13-15)27-19-4-2-3-17(26-19)18-14-25-22(31-18)28-11-8-23(9-12-28,21(29)30)16-5-6-16/h2-4,7,10,13-14,16H,5-6,8-9,11-12H2,1H3,(H,29,30)(H,24,26,27). The highest BCUT2D eigenvalue weighted by atomic mass is 32.1. The van der Waals surface area contributed by atoms with Crippen LogP contribution < -0.4 is 10.2 Å². The number of carbonyl (C=O) groups is 1. The van der Waals surface area contributed by atoms with Gasteiger partial charge in [0.1, 0.15) is 11.6 Å². The molecule has 1 saturated carbocycles. The molecule has 0 aromatic carbocycles. The molecule has 0 spiro atoms. The third-order valence-electron chi connectivity index (χ3n) is 6.38. The van der Waals surface area contributed by atoms with Crippen LogP contribution in [0.4, 0.5) is 16.8 Å². The van der Waals surface area contributed by atoms with Crippen molar-refractivity contribution in [3.8, 4) is 10.6 Å². The van der Waals surface area contributed by atoms with Gasteiger partial charge in [-0.2, -0.15) is 0 Å². The normalized spacial score (nSPS) is 18.0. The number of nitrogens with zero attached hydrogens (tertiary/aromatic N) is 4. The molecule has 4 heterocycles. The molecule has 2 N–H and O–H groups in total. The number of hydrogen-bond donors (Lipinski definition) is 2. The van der Waals surface area contributed by atoms with Crippen molar-refractivity contribution in [2.45, 2.75) is 32.6 Å². The number of aliphatic carboxylic acids is 1. The van der Waals surface area contributed by atoms with E-state index in [9.17, 15) is 9.90 Å². The predicted octanol–water partition coefficient (Wildman–Crippen LogP) is 4.73. The molecule has 2 fully saturated rings. The van der Waals surface area contributed by atoms with Crippen molar-refractivity contribution in [2.75, 3.05) is 23.3 Å². The van der Waals surface area contributed by atoms with E-state index < -0.39 is 11.4 Å². The fourth-order valence-electron chi connectivity index (χ4n) is 4.44. The van der Waals surface area contributed by atoms with E-state index in [2.05, 4.69) is 20.2 Å². The van der Waals surface area contributed by atoms with E-state index in [1.807, 2.05) is 43.5 Å². The van der Waals surface area contributed by atoms with Gasteiger partial charge in [0.15, 0.2) is 5.13 Å². The molecule has 3 aromatic heterocycles. The zero-order chi connectivity index (χ0) is 21.4. The second kappa shape index (κ2) is 7.92. The van der Waals surface area contributed by atoms with E-state index in [1.54, 1.807) is 17.5 Å². The zero-order valence-corrected chi connectivity index (χ0v) is 18.2. The summed E-state index contributed by atoms with van der Waals surface area (Å²) in [4.78, 5) is 28.8. The Kier molecular flexibility index (Phi) is 5.09. The number of nitrogens with one attached hydrogen (secondary N) is 1. The van der Waals surface area contributed by atoms with E-state index in [0.29, 0.717) is 18.8 Å². The Bertz CT molecular complexity index is 1100. The first-order chi connectivity index (χ1) is 15.0. The van der Waals surface area contributed by atoms with Crippen molar-refractivity contribution in [1.29, 1.82) is 0 Å². The van der Waals surface area contributed by atoms with Gasteiger partial charge in [0, 0.05) is 25.5 Å². The zero-order valence-electron chi connectivity index (χ0n) is 17.4. The molecule has 3 aromatic rings. The van der Waals surface area contributed by atoms with Gasteiger partial charge in [-0.25, -0.2) is 15.0 Å². The van der Waals surface area contributed by atoms with Gasteiger partial charge in [0.25, 0.3) is 0 Å². The lowest BCUT2D eigenvalue weighted by Gasteiger charge is -2.39. The van der Waals surface area contributed by atoms with Crippen LogP contribution in [0.1, 0.15) is 31.2 Å². The number of piperidine rings is 1. The Morgan fingerprint density at radius 3 is 2.71 bits per heavy atom. The van der Waals surface area contributed by atoms with E-state index in [4.69, 9.17) is 4.98 Å². The number of aryl methyl sites for hydroxylation is 1. The molecule has 8 heteroatoms. The Hall–Kier alpha value is -3.00. The number of carboxylic acids is 1. The van der Waals surface area contributed by atoms with Gasteiger partial charge in [0.2, 0.25) is 0 Å². The van der Waals surface area contributed by atoms with Crippen molar-refractivity contribution in [1.82, 2.24) is 15.0 Å². The maximum atomic E-state index is 11.9. The van der Waals surface area contributed by atoms with Crippen molar-refractivity contribution in [3.63, 3.8) is 0 Å². The second-order valence-electron chi connectivity index (χ2n) is 8.48. The highest BCUT2D eigenvalue weighted by Gasteiger charge is 2.52. The van der Waals surface area contributed by atoms with E-state index in [1.165, 1.54) is 0 Å².